The van der Waals surface area contributed by atoms with Crippen LogP contribution < -0.4 is 15.2 Å². The molecule has 0 radical (unpaired) electrons. The number of hydrogen-bond acceptors (Lipinski definition) is 3. The van der Waals surface area contributed by atoms with Gasteiger partial charge in [-0.3, -0.25) is 0 Å². The summed E-state index contributed by atoms with van der Waals surface area (Å²) in [6.07, 6.45) is 1.76. The van der Waals surface area contributed by atoms with Crippen LogP contribution in [0.15, 0.2) is 48.5 Å². The largest absolute Gasteiger partial charge is 0.497 e. The predicted molar refractivity (Wildman–Crippen MR) is 85.9 cm³/mol. The molecule has 0 aromatic heterocycles. The van der Waals surface area contributed by atoms with Crippen molar-refractivity contribution < 1.29 is 9.47 Å². The minimum atomic E-state index is 0.0298. The summed E-state index contributed by atoms with van der Waals surface area (Å²) in [6, 6.07) is 16.1. The normalized spacial score (nSPS) is 12.0. The SMILES string of the molecule is CCC(N)c1ccccc1OCCc1ccc(OC)cc1. The number of methoxy groups -OCH3 is 1. The van der Waals surface area contributed by atoms with Crippen LogP contribution in [-0.2, 0) is 6.42 Å². The molecule has 0 spiro atoms. The van der Waals surface area contributed by atoms with Crippen molar-refractivity contribution in [3.63, 3.8) is 0 Å². The highest BCUT2D eigenvalue weighted by molar-refractivity contribution is 5.35. The van der Waals surface area contributed by atoms with Crippen molar-refractivity contribution >= 4 is 0 Å². The molecule has 3 nitrogen and oxygen atoms in total. The Morgan fingerprint density at radius 1 is 1.05 bits per heavy atom. The third-order valence-corrected chi connectivity index (χ3v) is 3.57. The molecule has 0 fully saturated rings. The third-order valence-electron chi connectivity index (χ3n) is 3.57. The standard InChI is InChI=1S/C18H23NO2/c1-3-17(19)16-6-4-5-7-18(16)21-13-12-14-8-10-15(20-2)11-9-14/h4-11,17H,3,12-13,19H2,1-2H3. The summed E-state index contributed by atoms with van der Waals surface area (Å²) >= 11 is 0. The molecular formula is C18H23NO2. The van der Waals surface area contributed by atoms with Gasteiger partial charge >= 0.3 is 0 Å². The summed E-state index contributed by atoms with van der Waals surface area (Å²) in [5.41, 5.74) is 8.42. The van der Waals surface area contributed by atoms with Crippen LogP contribution in [0.1, 0.15) is 30.5 Å². The van der Waals surface area contributed by atoms with E-state index in [4.69, 9.17) is 15.2 Å². The molecule has 2 aromatic carbocycles. The van der Waals surface area contributed by atoms with Crippen molar-refractivity contribution in [3.05, 3.63) is 59.7 Å². The molecule has 0 bridgehead atoms. The van der Waals surface area contributed by atoms with E-state index in [1.807, 2.05) is 36.4 Å². The van der Waals surface area contributed by atoms with Crippen LogP contribution >= 0.6 is 0 Å². The van der Waals surface area contributed by atoms with E-state index in [1.165, 1.54) is 5.56 Å². The zero-order valence-corrected chi connectivity index (χ0v) is 12.7. The lowest BCUT2D eigenvalue weighted by Crippen LogP contribution is -2.11. The van der Waals surface area contributed by atoms with E-state index in [9.17, 15) is 0 Å². The van der Waals surface area contributed by atoms with Crippen LogP contribution in [0.3, 0.4) is 0 Å². The molecule has 2 N–H and O–H groups in total. The molecule has 2 aromatic rings. The summed E-state index contributed by atoms with van der Waals surface area (Å²) < 4.78 is 11.1. The molecule has 0 aliphatic carbocycles. The van der Waals surface area contributed by atoms with E-state index in [0.29, 0.717) is 6.61 Å². The second-order valence-electron chi connectivity index (χ2n) is 5.00. The highest BCUT2D eigenvalue weighted by Gasteiger charge is 2.09. The van der Waals surface area contributed by atoms with E-state index in [-0.39, 0.29) is 6.04 Å². The van der Waals surface area contributed by atoms with E-state index >= 15 is 0 Å². The first-order valence-corrected chi connectivity index (χ1v) is 7.34. The molecular weight excluding hydrogens is 262 g/mol. The van der Waals surface area contributed by atoms with Gasteiger partial charge in [0.05, 0.1) is 13.7 Å². The molecule has 0 saturated heterocycles. The molecule has 0 amide bonds. The maximum atomic E-state index is 6.12. The molecule has 112 valence electrons. The van der Waals surface area contributed by atoms with Gasteiger partial charge in [-0.05, 0) is 30.2 Å². The average molecular weight is 285 g/mol. The number of benzene rings is 2. The van der Waals surface area contributed by atoms with Gasteiger partial charge in [0, 0.05) is 18.0 Å². The number of hydrogen-bond donors (Lipinski definition) is 1. The topological polar surface area (TPSA) is 44.5 Å². The third kappa shape index (κ3) is 4.23. The van der Waals surface area contributed by atoms with Crippen molar-refractivity contribution in [3.8, 4) is 11.5 Å². The minimum Gasteiger partial charge on any atom is -0.497 e. The summed E-state index contributed by atoms with van der Waals surface area (Å²) in [6.45, 7) is 2.72. The first-order chi connectivity index (χ1) is 10.2. The average Bonchev–Trinajstić information content (AvgIpc) is 2.55. The molecule has 3 heteroatoms. The summed E-state index contributed by atoms with van der Waals surface area (Å²) in [5.74, 6) is 1.76. The van der Waals surface area contributed by atoms with Crippen molar-refractivity contribution in [1.29, 1.82) is 0 Å². The van der Waals surface area contributed by atoms with Crippen molar-refractivity contribution in [2.45, 2.75) is 25.8 Å². The van der Waals surface area contributed by atoms with Gasteiger partial charge in [-0.2, -0.15) is 0 Å². The van der Waals surface area contributed by atoms with Crippen LogP contribution in [0.25, 0.3) is 0 Å². The summed E-state index contributed by atoms with van der Waals surface area (Å²) in [5, 5.41) is 0. The summed E-state index contributed by atoms with van der Waals surface area (Å²) in [4.78, 5) is 0. The Morgan fingerprint density at radius 3 is 2.43 bits per heavy atom. The molecule has 0 aliphatic heterocycles. The molecule has 1 atom stereocenters. The Bertz CT molecular complexity index is 551. The Kier molecular flexibility index (Phi) is 5.64. The van der Waals surface area contributed by atoms with Crippen molar-refractivity contribution in [2.75, 3.05) is 13.7 Å². The Hall–Kier alpha value is -2.00. The van der Waals surface area contributed by atoms with Gasteiger partial charge in [0.2, 0.25) is 0 Å². The highest BCUT2D eigenvalue weighted by Crippen LogP contribution is 2.25. The van der Waals surface area contributed by atoms with Crippen LogP contribution in [0.2, 0.25) is 0 Å². The maximum Gasteiger partial charge on any atom is 0.124 e. The minimum absolute atomic E-state index is 0.0298. The Labute approximate surface area is 126 Å². The maximum absolute atomic E-state index is 6.12. The molecule has 21 heavy (non-hydrogen) atoms. The Balaban J connectivity index is 1.93. The number of para-hydroxylation sites is 1. The fourth-order valence-electron chi connectivity index (χ4n) is 2.21. The number of rotatable bonds is 7. The fraction of sp³-hybridized carbons (Fsp3) is 0.333. The molecule has 2 rings (SSSR count). The van der Waals surface area contributed by atoms with Gasteiger partial charge in [-0.1, -0.05) is 37.3 Å². The predicted octanol–water partition coefficient (Wildman–Crippen LogP) is 3.73. The lowest BCUT2D eigenvalue weighted by Gasteiger charge is -2.15. The van der Waals surface area contributed by atoms with Gasteiger partial charge in [-0.25, -0.2) is 0 Å². The van der Waals surface area contributed by atoms with E-state index in [2.05, 4.69) is 19.1 Å². The first kappa shape index (κ1) is 15.4. The van der Waals surface area contributed by atoms with E-state index < -0.39 is 0 Å². The van der Waals surface area contributed by atoms with E-state index in [1.54, 1.807) is 7.11 Å². The lowest BCUT2D eigenvalue weighted by atomic mass is 10.0. The molecule has 1 unspecified atom stereocenters. The number of nitrogens with two attached hydrogens (primary N) is 1. The van der Waals surface area contributed by atoms with Gasteiger partial charge in [0.1, 0.15) is 11.5 Å². The van der Waals surface area contributed by atoms with Crippen LogP contribution in [0.4, 0.5) is 0 Å². The fourth-order valence-corrected chi connectivity index (χ4v) is 2.21. The zero-order chi connectivity index (χ0) is 15.1. The highest BCUT2D eigenvalue weighted by atomic mass is 16.5. The smallest absolute Gasteiger partial charge is 0.124 e. The summed E-state index contributed by atoms with van der Waals surface area (Å²) in [7, 11) is 1.67. The lowest BCUT2D eigenvalue weighted by molar-refractivity contribution is 0.316. The van der Waals surface area contributed by atoms with Gasteiger partial charge in [0.25, 0.3) is 0 Å². The van der Waals surface area contributed by atoms with Crippen molar-refractivity contribution in [2.24, 2.45) is 5.73 Å². The number of ether oxygens (including phenoxy) is 2. The molecule has 0 aliphatic rings. The van der Waals surface area contributed by atoms with Crippen LogP contribution in [0, 0.1) is 0 Å². The van der Waals surface area contributed by atoms with Gasteiger partial charge < -0.3 is 15.2 Å². The molecule has 0 heterocycles. The monoisotopic (exact) mass is 285 g/mol. The van der Waals surface area contributed by atoms with Crippen LogP contribution in [-0.4, -0.2) is 13.7 Å². The van der Waals surface area contributed by atoms with E-state index in [0.717, 1.165) is 29.9 Å². The first-order valence-electron chi connectivity index (χ1n) is 7.34. The quantitative estimate of drug-likeness (QED) is 0.843. The second-order valence-corrected chi connectivity index (χ2v) is 5.00. The Morgan fingerprint density at radius 2 is 1.76 bits per heavy atom. The molecule has 0 saturated carbocycles. The van der Waals surface area contributed by atoms with Gasteiger partial charge in [-0.15, -0.1) is 0 Å². The van der Waals surface area contributed by atoms with Crippen LogP contribution in [0.5, 0.6) is 11.5 Å². The zero-order valence-electron chi connectivity index (χ0n) is 12.7. The van der Waals surface area contributed by atoms with Gasteiger partial charge in [0.15, 0.2) is 0 Å². The van der Waals surface area contributed by atoms with Crippen molar-refractivity contribution in [1.82, 2.24) is 0 Å². The second kappa shape index (κ2) is 7.70.